The Morgan fingerprint density at radius 1 is 0.652 bits per heavy atom. The maximum absolute atomic E-state index is 12.7. The molecule has 4 aromatic rings. The molecule has 0 atom stereocenters. The largest absolute Gasteiger partial charge is 0.288 e. The second-order valence-corrected chi connectivity index (χ2v) is 5.30. The van der Waals surface area contributed by atoms with Crippen molar-refractivity contribution in [1.82, 2.24) is 4.57 Å². The predicted molar refractivity (Wildman–Crippen MR) is 94.4 cm³/mol. The topological polar surface area (TPSA) is 22.0 Å². The molecule has 0 aliphatic carbocycles. The van der Waals surface area contributed by atoms with E-state index >= 15 is 0 Å². The van der Waals surface area contributed by atoms with Gasteiger partial charge in [0, 0.05) is 22.4 Å². The lowest BCUT2D eigenvalue weighted by molar-refractivity contribution is 1.23. The molecule has 0 N–H and O–H groups in total. The average molecular weight is 295 g/mol. The lowest BCUT2D eigenvalue weighted by Gasteiger charge is -2.08. The summed E-state index contributed by atoms with van der Waals surface area (Å²) < 4.78 is 1.90. The molecule has 4 rings (SSSR count). The van der Waals surface area contributed by atoms with E-state index < -0.39 is 0 Å². The van der Waals surface area contributed by atoms with Gasteiger partial charge in [0.1, 0.15) is 0 Å². The van der Waals surface area contributed by atoms with Crippen molar-refractivity contribution >= 4 is 21.8 Å². The summed E-state index contributed by atoms with van der Waals surface area (Å²) in [6.45, 7) is 0. The zero-order valence-corrected chi connectivity index (χ0v) is 12.4. The van der Waals surface area contributed by atoms with Crippen molar-refractivity contribution in [2.45, 2.75) is 0 Å². The maximum atomic E-state index is 12.7. The summed E-state index contributed by atoms with van der Waals surface area (Å²) in [6, 6.07) is 28.2. The smallest absolute Gasteiger partial charge is 0.197 e. The van der Waals surface area contributed by atoms with Gasteiger partial charge in [-0.05, 0) is 42.3 Å². The van der Waals surface area contributed by atoms with Gasteiger partial charge in [0.15, 0.2) is 5.43 Å². The first kappa shape index (κ1) is 13.4. The minimum absolute atomic E-state index is 0.0500. The monoisotopic (exact) mass is 295 g/mol. The lowest BCUT2D eigenvalue weighted by Crippen LogP contribution is -2.08. The van der Waals surface area contributed by atoms with E-state index in [-0.39, 0.29) is 5.43 Å². The quantitative estimate of drug-likeness (QED) is 0.355. The first-order valence-electron chi connectivity index (χ1n) is 7.44. The fourth-order valence-corrected chi connectivity index (χ4v) is 2.76. The molecule has 2 heteroatoms. The van der Waals surface area contributed by atoms with Gasteiger partial charge < -0.3 is 0 Å². The Labute approximate surface area is 133 Å². The van der Waals surface area contributed by atoms with E-state index in [0.29, 0.717) is 10.8 Å². The van der Waals surface area contributed by atoms with Gasteiger partial charge in [0.05, 0.1) is 11.0 Å². The van der Waals surface area contributed by atoms with Crippen LogP contribution in [0.1, 0.15) is 5.56 Å². The van der Waals surface area contributed by atoms with Crippen LogP contribution in [0.15, 0.2) is 83.7 Å². The molecule has 0 radical (unpaired) electrons. The molecule has 108 valence electrons. The summed E-state index contributed by atoms with van der Waals surface area (Å²) in [7, 11) is 0. The van der Waals surface area contributed by atoms with Crippen LogP contribution in [-0.4, -0.2) is 4.57 Å². The summed E-state index contributed by atoms with van der Waals surface area (Å²) in [5.41, 5.74) is 2.66. The molecule has 2 nitrogen and oxygen atoms in total. The maximum Gasteiger partial charge on any atom is 0.197 e. The van der Waals surface area contributed by atoms with Crippen LogP contribution in [0.4, 0.5) is 0 Å². The van der Waals surface area contributed by atoms with Crippen LogP contribution in [-0.2, 0) is 0 Å². The minimum atomic E-state index is 0.0500. The van der Waals surface area contributed by atoms with Gasteiger partial charge in [-0.2, -0.15) is 0 Å². The molecule has 0 saturated heterocycles. The SMILES string of the molecule is O=c1c2ccccc2n(C#Cc2ccccc2)c2ccccc12. The highest BCUT2D eigenvalue weighted by molar-refractivity contribution is 5.94. The van der Waals surface area contributed by atoms with Gasteiger partial charge in [-0.25, -0.2) is 0 Å². The van der Waals surface area contributed by atoms with Gasteiger partial charge in [-0.15, -0.1) is 0 Å². The molecule has 0 fully saturated rings. The Balaban J connectivity index is 2.10. The molecule has 3 aromatic carbocycles. The van der Waals surface area contributed by atoms with E-state index in [9.17, 15) is 4.79 Å². The normalized spacial score (nSPS) is 10.4. The third-order valence-corrected chi connectivity index (χ3v) is 3.86. The van der Waals surface area contributed by atoms with Crippen LogP contribution in [0.2, 0.25) is 0 Å². The molecular weight excluding hydrogens is 282 g/mol. The fraction of sp³-hybridized carbons (Fsp3) is 0. The van der Waals surface area contributed by atoms with Gasteiger partial charge in [0.2, 0.25) is 0 Å². The van der Waals surface area contributed by atoms with E-state index in [0.717, 1.165) is 16.6 Å². The zero-order chi connectivity index (χ0) is 15.6. The van der Waals surface area contributed by atoms with Crippen LogP contribution in [0.25, 0.3) is 21.8 Å². The first-order valence-corrected chi connectivity index (χ1v) is 7.44. The summed E-state index contributed by atoms with van der Waals surface area (Å²) in [6.07, 6.45) is 0. The number of hydrogen-bond acceptors (Lipinski definition) is 1. The third-order valence-electron chi connectivity index (χ3n) is 3.86. The summed E-state index contributed by atoms with van der Waals surface area (Å²) >= 11 is 0. The Kier molecular flexibility index (Phi) is 3.18. The standard InChI is InChI=1S/C21H13NO/c23-21-17-10-4-6-12-19(17)22(20-13-7-5-11-18(20)21)15-14-16-8-2-1-3-9-16/h1-13H. The van der Waals surface area contributed by atoms with Crippen molar-refractivity contribution in [2.75, 3.05) is 0 Å². The lowest BCUT2D eigenvalue weighted by atomic mass is 10.1. The van der Waals surface area contributed by atoms with Crippen LogP contribution in [0, 0.1) is 12.0 Å². The molecule has 0 unspecified atom stereocenters. The van der Waals surface area contributed by atoms with E-state index in [2.05, 4.69) is 12.0 Å². The molecule has 1 heterocycles. The number of rotatable bonds is 0. The number of benzene rings is 3. The highest BCUT2D eigenvalue weighted by Crippen LogP contribution is 2.18. The molecule has 0 aliphatic heterocycles. The molecular formula is C21H13NO. The predicted octanol–water partition coefficient (Wildman–Crippen LogP) is 4.01. The van der Waals surface area contributed by atoms with Crippen molar-refractivity contribution < 1.29 is 0 Å². The van der Waals surface area contributed by atoms with Crippen molar-refractivity contribution in [1.29, 1.82) is 0 Å². The van der Waals surface area contributed by atoms with E-state index in [1.165, 1.54) is 0 Å². The van der Waals surface area contributed by atoms with Gasteiger partial charge in [-0.3, -0.25) is 9.36 Å². The molecule has 0 amide bonds. The Hall–Kier alpha value is -3.31. The number of para-hydroxylation sites is 2. The molecule has 0 bridgehead atoms. The minimum Gasteiger partial charge on any atom is -0.288 e. The molecule has 0 aliphatic rings. The Morgan fingerprint density at radius 3 is 1.78 bits per heavy atom. The second-order valence-electron chi connectivity index (χ2n) is 5.30. The summed E-state index contributed by atoms with van der Waals surface area (Å²) in [4.78, 5) is 12.7. The highest BCUT2D eigenvalue weighted by atomic mass is 16.1. The second kappa shape index (κ2) is 5.47. The Bertz CT molecular complexity index is 1070. The van der Waals surface area contributed by atoms with Gasteiger partial charge >= 0.3 is 0 Å². The van der Waals surface area contributed by atoms with Crippen molar-refractivity contribution in [3.8, 4) is 12.0 Å². The number of hydrogen-bond donors (Lipinski definition) is 0. The van der Waals surface area contributed by atoms with E-state index in [4.69, 9.17) is 0 Å². The summed E-state index contributed by atoms with van der Waals surface area (Å²) in [5, 5.41) is 1.38. The van der Waals surface area contributed by atoms with Crippen LogP contribution in [0.3, 0.4) is 0 Å². The number of aromatic nitrogens is 1. The molecule has 0 saturated carbocycles. The van der Waals surface area contributed by atoms with Crippen molar-refractivity contribution in [3.63, 3.8) is 0 Å². The van der Waals surface area contributed by atoms with Crippen LogP contribution >= 0.6 is 0 Å². The van der Waals surface area contributed by atoms with E-state index in [1.54, 1.807) is 0 Å². The molecule has 0 spiro atoms. The van der Waals surface area contributed by atoms with Gasteiger partial charge in [-0.1, -0.05) is 42.5 Å². The number of nitrogens with zero attached hydrogens (tertiary/aromatic N) is 1. The average Bonchev–Trinajstić information content (AvgIpc) is 2.63. The van der Waals surface area contributed by atoms with Crippen molar-refractivity contribution in [2.24, 2.45) is 0 Å². The molecule has 1 aromatic heterocycles. The van der Waals surface area contributed by atoms with E-state index in [1.807, 2.05) is 83.4 Å². The molecule has 23 heavy (non-hydrogen) atoms. The van der Waals surface area contributed by atoms with Crippen molar-refractivity contribution in [3.05, 3.63) is 94.6 Å². The highest BCUT2D eigenvalue weighted by Gasteiger charge is 2.08. The number of pyridine rings is 1. The third kappa shape index (κ3) is 2.29. The Morgan fingerprint density at radius 2 is 1.17 bits per heavy atom. The first-order chi connectivity index (χ1) is 11.3. The van der Waals surface area contributed by atoms with Gasteiger partial charge in [0.25, 0.3) is 0 Å². The van der Waals surface area contributed by atoms with Crippen LogP contribution in [0.5, 0.6) is 0 Å². The fourth-order valence-electron chi connectivity index (χ4n) is 2.76. The zero-order valence-electron chi connectivity index (χ0n) is 12.4. The summed E-state index contributed by atoms with van der Waals surface area (Å²) in [5.74, 6) is 3.18. The number of fused-ring (bicyclic) bond motifs is 2. The van der Waals surface area contributed by atoms with Crippen LogP contribution < -0.4 is 5.43 Å².